The quantitative estimate of drug-likeness (QED) is 0.483. The molecule has 0 atom stereocenters. The largest absolute Gasteiger partial charge is 0.508 e. The van der Waals surface area contributed by atoms with Gasteiger partial charge in [0.15, 0.2) is 17.5 Å². The fourth-order valence-electron chi connectivity index (χ4n) is 3.28. The number of pyridine rings is 1. The van der Waals surface area contributed by atoms with Gasteiger partial charge in [-0.15, -0.1) is 0 Å². The van der Waals surface area contributed by atoms with Gasteiger partial charge in [-0.3, -0.25) is 9.36 Å². The highest BCUT2D eigenvalue weighted by Crippen LogP contribution is 2.33. The zero-order valence-corrected chi connectivity index (χ0v) is 15.0. The summed E-state index contributed by atoms with van der Waals surface area (Å²) in [5.41, 5.74) is -0.478. The Bertz CT molecular complexity index is 1400. The van der Waals surface area contributed by atoms with Crippen molar-refractivity contribution in [3.05, 3.63) is 88.1 Å². The SMILES string of the molecule is N#Cc1cc(O)cc2c(-c3cc(F)c(F)c(F)c3)cn(-c3ccc(O)cc3)c(=O)c12. The van der Waals surface area contributed by atoms with Crippen molar-refractivity contribution in [3.8, 4) is 34.4 Å². The van der Waals surface area contributed by atoms with Gasteiger partial charge in [0, 0.05) is 22.8 Å². The van der Waals surface area contributed by atoms with Gasteiger partial charge in [0.05, 0.1) is 10.9 Å². The van der Waals surface area contributed by atoms with E-state index in [1.165, 1.54) is 36.5 Å². The molecule has 0 aliphatic rings. The van der Waals surface area contributed by atoms with Crippen molar-refractivity contribution in [1.82, 2.24) is 4.57 Å². The van der Waals surface area contributed by atoms with Crippen LogP contribution in [0.1, 0.15) is 5.56 Å². The summed E-state index contributed by atoms with van der Waals surface area (Å²) < 4.78 is 42.4. The smallest absolute Gasteiger partial charge is 0.264 e. The molecule has 0 saturated carbocycles. The molecule has 1 aromatic heterocycles. The van der Waals surface area contributed by atoms with Crippen molar-refractivity contribution >= 4 is 10.8 Å². The molecule has 0 unspecified atom stereocenters. The summed E-state index contributed by atoms with van der Waals surface area (Å²) in [4.78, 5) is 13.1. The lowest BCUT2D eigenvalue weighted by Crippen LogP contribution is -2.19. The number of hydrogen-bond donors (Lipinski definition) is 2. The lowest BCUT2D eigenvalue weighted by molar-refractivity contribution is 0.448. The first kappa shape index (κ1) is 19.1. The second-order valence-electron chi connectivity index (χ2n) is 6.52. The zero-order valence-electron chi connectivity index (χ0n) is 15.0. The Labute approximate surface area is 167 Å². The van der Waals surface area contributed by atoms with Gasteiger partial charge in [-0.2, -0.15) is 5.26 Å². The Hall–Kier alpha value is -4.25. The van der Waals surface area contributed by atoms with Crippen LogP contribution in [-0.2, 0) is 0 Å². The Morgan fingerprint density at radius 2 is 1.53 bits per heavy atom. The molecule has 2 N–H and O–H groups in total. The Morgan fingerprint density at radius 3 is 2.13 bits per heavy atom. The first-order valence-corrected chi connectivity index (χ1v) is 8.57. The predicted octanol–water partition coefficient (Wildman–Crippen LogP) is 4.36. The van der Waals surface area contributed by atoms with E-state index in [9.17, 15) is 33.4 Å². The van der Waals surface area contributed by atoms with Gasteiger partial charge in [-0.05, 0) is 54.1 Å². The molecule has 0 aliphatic heterocycles. The van der Waals surface area contributed by atoms with Crippen LogP contribution in [0, 0.1) is 28.8 Å². The van der Waals surface area contributed by atoms with Gasteiger partial charge >= 0.3 is 0 Å². The molecule has 30 heavy (non-hydrogen) atoms. The number of hydrogen-bond acceptors (Lipinski definition) is 4. The molecular formula is C22H11F3N2O3. The van der Waals surface area contributed by atoms with Crippen molar-refractivity contribution in [1.29, 1.82) is 5.26 Å². The molecule has 0 amide bonds. The van der Waals surface area contributed by atoms with Crippen LogP contribution in [0.5, 0.6) is 11.5 Å². The monoisotopic (exact) mass is 408 g/mol. The Kier molecular flexibility index (Phi) is 4.43. The van der Waals surface area contributed by atoms with E-state index in [1.807, 2.05) is 6.07 Å². The van der Waals surface area contributed by atoms with Crippen LogP contribution in [0.3, 0.4) is 0 Å². The third kappa shape index (κ3) is 3.02. The topological polar surface area (TPSA) is 86.2 Å². The molecule has 0 aliphatic carbocycles. The number of fused-ring (bicyclic) bond motifs is 1. The van der Waals surface area contributed by atoms with Crippen molar-refractivity contribution < 1.29 is 23.4 Å². The highest BCUT2D eigenvalue weighted by Gasteiger charge is 2.19. The molecule has 0 bridgehead atoms. The first-order chi connectivity index (χ1) is 14.3. The van der Waals surface area contributed by atoms with Gasteiger partial charge in [-0.1, -0.05) is 0 Å². The van der Waals surface area contributed by atoms with Crippen LogP contribution in [0.25, 0.3) is 27.6 Å². The van der Waals surface area contributed by atoms with E-state index in [4.69, 9.17) is 0 Å². The van der Waals surface area contributed by atoms with Gasteiger partial charge in [0.1, 0.15) is 17.6 Å². The predicted molar refractivity (Wildman–Crippen MR) is 103 cm³/mol. The van der Waals surface area contributed by atoms with Crippen LogP contribution in [-0.4, -0.2) is 14.8 Å². The van der Waals surface area contributed by atoms with Gasteiger partial charge < -0.3 is 10.2 Å². The summed E-state index contributed by atoms with van der Waals surface area (Å²) in [6.45, 7) is 0. The van der Waals surface area contributed by atoms with E-state index in [-0.39, 0.29) is 39.0 Å². The standard InChI is InChI=1S/C22H11F3N2O3/c23-18-6-11(7-19(24)21(18)25)17-10-27(13-1-3-14(28)4-2-13)22(30)20-12(9-26)5-15(29)8-16(17)20/h1-8,10,28-29H. The number of nitriles is 1. The number of phenolic OH excluding ortho intramolecular Hbond substituents is 2. The number of benzene rings is 3. The third-order valence-corrected chi connectivity index (χ3v) is 4.65. The highest BCUT2D eigenvalue weighted by atomic mass is 19.2. The van der Waals surface area contributed by atoms with Crippen molar-refractivity contribution in [3.63, 3.8) is 0 Å². The van der Waals surface area contributed by atoms with Crippen molar-refractivity contribution in [2.24, 2.45) is 0 Å². The highest BCUT2D eigenvalue weighted by molar-refractivity contribution is 5.99. The maximum Gasteiger partial charge on any atom is 0.264 e. The van der Waals surface area contributed by atoms with E-state index in [0.29, 0.717) is 5.69 Å². The molecule has 0 radical (unpaired) electrons. The molecule has 4 rings (SSSR count). The summed E-state index contributed by atoms with van der Waals surface area (Å²) in [7, 11) is 0. The third-order valence-electron chi connectivity index (χ3n) is 4.65. The maximum atomic E-state index is 13.9. The number of rotatable bonds is 2. The van der Waals surface area contributed by atoms with Crippen LogP contribution in [0.4, 0.5) is 13.2 Å². The average Bonchev–Trinajstić information content (AvgIpc) is 2.72. The molecule has 3 aromatic carbocycles. The van der Waals surface area contributed by atoms with Gasteiger partial charge in [-0.25, -0.2) is 13.2 Å². The van der Waals surface area contributed by atoms with E-state index < -0.39 is 23.0 Å². The number of halogens is 3. The first-order valence-electron chi connectivity index (χ1n) is 8.57. The van der Waals surface area contributed by atoms with Crippen LogP contribution >= 0.6 is 0 Å². The fraction of sp³-hybridized carbons (Fsp3) is 0. The maximum absolute atomic E-state index is 13.9. The minimum atomic E-state index is -1.64. The Balaban J connectivity index is 2.18. The van der Waals surface area contributed by atoms with Crippen molar-refractivity contribution in [2.75, 3.05) is 0 Å². The molecule has 5 nitrogen and oxygen atoms in total. The van der Waals surface area contributed by atoms with Crippen LogP contribution in [0.2, 0.25) is 0 Å². The van der Waals surface area contributed by atoms with E-state index in [0.717, 1.165) is 22.8 Å². The second kappa shape index (κ2) is 6.97. The molecule has 4 aromatic rings. The number of nitrogens with zero attached hydrogens (tertiary/aromatic N) is 2. The number of aromatic hydroxyl groups is 2. The summed E-state index contributed by atoms with van der Waals surface area (Å²) in [6, 6.07) is 11.2. The van der Waals surface area contributed by atoms with Gasteiger partial charge in [0.25, 0.3) is 5.56 Å². The molecule has 1 heterocycles. The van der Waals surface area contributed by atoms with Crippen LogP contribution in [0.15, 0.2) is 59.5 Å². The number of phenols is 2. The summed E-state index contributed by atoms with van der Waals surface area (Å²) in [6.07, 6.45) is 1.27. The molecule has 8 heteroatoms. The molecule has 0 saturated heterocycles. The summed E-state index contributed by atoms with van der Waals surface area (Å²) in [5.74, 6) is -4.87. The molecular weight excluding hydrogens is 397 g/mol. The average molecular weight is 408 g/mol. The summed E-state index contributed by atoms with van der Waals surface area (Å²) >= 11 is 0. The lowest BCUT2D eigenvalue weighted by Gasteiger charge is -2.14. The summed E-state index contributed by atoms with van der Waals surface area (Å²) in [5, 5.41) is 28.9. The minimum Gasteiger partial charge on any atom is -0.508 e. The van der Waals surface area contributed by atoms with E-state index >= 15 is 0 Å². The number of aromatic nitrogens is 1. The minimum absolute atomic E-state index is 0.0434. The zero-order chi connectivity index (χ0) is 21.6. The molecule has 0 spiro atoms. The van der Waals surface area contributed by atoms with Crippen molar-refractivity contribution in [2.45, 2.75) is 0 Å². The molecule has 148 valence electrons. The normalized spacial score (nSPS) is 10.9. The van der Waals surface area contributed by atoms with Crippen LogP contribution < -0.4 is 5.56 Å². The van der Waals surface area contributed by atoms with Gasteiger partial charge in [0.2, 0.25) is 0 Å². The lowest BCUT2D eigenvalue weighted by atomic mass is 9.97. The van der Waals surface area contributed by atoms with E-state index in [1.54, 1.807) is 0 Å². The molecule has 0 fully saturated rings. The second-order valence-corrected chi connectivity index (χ2v) is 6.52. The Morgan fingerprint density at radius 1 is 0.900 bits per heavy atom. The van der Waals surface area contributed by atoms with E-state index in [2.05, 4.69) is 0 Å². The fourth-order valence-corrected chi connectivity index (χ4v) is 3.28.